The van der Waals surface area contributed by atoms with Gasteiger partial charge in [-0.1, -0.05) is 6.07 Å². The van der Waals surface area contributed by atoms with Crippen LogP contribution in [0.5, 0.6) is 11.5 Å². The van der Waals surface area contributed by atoms with E-state index in [1.165, 1.54) is 0 Å². The molecule has 0 bridgehead atoms. The fourth-order valence-corrected chi connectivity index (χ4v) is 4.45. The zero-order chi connectivity index (χ0) is 19.5. The maximum atomic E-state index is 12.7. The minimum absolute atomic E-state index is 0.193. The van der Waals surface area contributed by atoms with E-state index in [9.17, 15) is 8.42 Å². The smallest absolute Gasteiger partial charge is 0.240 e. The molecule has 0 aromatic heterocycles. The van der Waals surface area contributed by atoms with Gasteiger partial charge in [-0.25, -0.2) is 13.1 Å². The Morgan fingerprint density at radius 3 is 2.12 bits per heavy atom. The molecule has 142 valence electrons. The van der Waals surface area contributed by atoms with Gasteiger partial charge in [0, 0.05) is 6.54 Å². The van der Waals surface area contributed by atoms with Gasteiger partial charge in [0.2, 0.25) is 10.0 Å². The molecule has 2 aromatic rings. The van der Waals surface area contributed by atoms with Crippen LogP contribution >= 0.6 is 0 Å². The number of rotatable bonds is 7. The average molecular weight is 378 g/mol. The summed E-state index contributed by atoms with van der Waals surface area (Å²) in [5, 5.41) is 0. The summed E-state index contributed by atoms with van der Waals surface area (Å²) in [6.07, 6.45) is 0. The summed E-state index contributed by atoms with van der Waals surface area (Å²) in [7, 11) is -2.03. The van der Waals surface area contributed by atoms with E-state index in [1.54, 1.807) is 20.1 Å². The van der Waals surface area contributed by atoms with Crippen LogP contribution in [0.3, 0.4) is 0 Å². The molecule has 0 radical (unpaired) electrons. The van der Waals surface area contributed by atoms with Gasteiger partial charge in [-0.3, -0.25) is 0 Å². The number of aryl methyl sites for hydroxylation is 3. The Hall–Kier alpha value is -2.05. The van der Waals surface area contributed by atoms with Crippen molar-refractivity contribution in [3.8, 4) is 11.5 Å². The summed E-state index contributed by atoms with van der Waals surface area (Å²) in [5.41, 5.74) is 4.54. The molecule has 2 rings (SSSR count). The number of ether oxygens (including phenoxy) is 2. The van der Waals surface area contributed by atoms with Crippen molar-refractivity contribution < 1.29 is 17.9 Å². The van der Waals surface area contributed by atoms with Crippen LogP contribution < -0.4 is 14.2 Å². The molecular formula is C20H27NO4S. The largest absolute Gasteiger partial charge is 0.496 e. The van der Waals surface area contributed by atoms with E-state index >= 15 is 0 Å². The highest BCUT2D eigenvalue weighted by molar-refractivity contribution is 7.89. The van der Waals surface area contributed by atoms with Crippen LogP contribution in [0.2, 0.25) is 0 Å². The SMILES string of the molecule is COc1c(C)cc(S(=O)(=O)NCCOc2cc(C)cc(C)c2)c(C)c1C. The van der Waals surface area contributed by atoms with Crippen molar-refractivity contribution in [1.29, 1.82) is 0 Å². The van der Waals surface area contributed by atoms with E-state index in [4.69, 9.17) is 9.47 Å². The van der Waals surface area contributed by atoms with Crippen molar-refractivity contribution in [2.45, 2.75) is 39.5 Å². The van der Waals surface area contributed by atoms with Crippen LogP contribution in [-0.4, -0.2) is 28.7 Å². The summed E-state index contributed by atoms with van der Waals surface area (Å²) in [6, 6.07) is 7.57. The Bertz CT molecular complexity index is 884. The molecule has 0 aliphatic heterocycles. The first-order valence-corrected chi connectivity index (χ1v) is 9.99. The zero-order valence-electron chi connectivity index (χ0n) is 16.3. The van der Waals surface area contributed by atoms with Gasteiger partial charge in [0.1, 0.15) is 18.1 Å². The fourth-order valence-electron chi connectivity index (χ4n) is 3.05. The van der Waals surface area contributed by atoms with Crippen molar-refractivity contribution in [3.05, 3.63) is 52.1 Å². The van der Waals surface area contributed by atoms with Crippen LogP contribution in [0.1, 0.15) is 27.8 Å². The van der Waals surface area contributed by atoms with Gasteiger partial charge in [-0.2, -0.15) is 0 Å². The van der Waals surface area contributed by atoms with Crippen molar-refractivity contribution >= 4 is 10.0 Å². The van der Waals surface area contributed by atoms with Gasteiger partial charge >= 0.3 is 0 Å². The first-order chi connectivity index (χ1) is 12.2. The van der Waals surface area contributed by atoms with E-state index in [-0.39, 0.29) is 18.0 Å². The van der Waals surface area contributed by atoms with Gasteiger partial charge in [0.15, 0.2) is 0 Å². The normalized spacial score (nSPS) is 11.5. The standard InChI is InChI=1S/C20H27NO4S/c1-13-9-14(2)11-18(10-13)25-8-7-21-26(22,23)19-12-15(3)20(24-6)17(5)16(19)4/h9-12,21H,7-8H2,1-6H3. The van der Waals surface area contributed by atoms with Gasteiger partial charge in [-0.15, -0.1) is 0 Å². The molecule has 1 N–H and O–H groups in total. The minimum Gasteiger partial charge on any atom is -0.496 e. The van der Waals surface area contributed by atoms with Gasteiger partial charge < -0.3 is 9.47 Å². The van der Waals surface area contributed by atoms with Gasteiger partial charge in [0.05, 0.1) is 12.0 Å². The number of benzene rings is 2. The van der Waals surface area contributed by atoms with Crippen LogP contribution in [0.25, 0.3) is 0 Å². The summed E-state index contributed by atoms with van der Waals surface area (Å²) in [4.78, 5) is 0.278. The van der Waals surface area contributed by atoms with Crippen LogP contribution in [-0.2, 0) is 10.0 Å². The molecule has 0 spiro atoms. The second-order valence-corrected chi connectivity index (χ2v) is 8.28. The first-order valence-electron chi connectivity index (χ1n) is 8.51. The molecule has 0 aliphatic rings. The molecule has 5 nitrogen and oxygen atoms in total. The van der Waals surface area contributed by atoms with E-state index in [2.05, 4.69) is 10.8 Å². The van der Waals surface area contributed by atoms with Crippen molar-refractivity contribution in [3.63, 3.8) is 0 Å². The number of methoxy groups -OCH3 is 1. The number of sulfonamides is 1. The van der Waals surface area contributed by atoms with Gasteiger partial charge in [-0.05, 0) is 80.6 Å². The van der Waals surface area contributed by atoms with E-state index in [0.29, 0.717) is 5.56 Å². The highest BCUT2D eigenvalue weighted by atomic mass is 32.2. The number of nitrogens with one attached hydrogen (secondary N) is 1. The molecule has 6 heteroatoms. The van der Waals surface area contributed by atoms with Crippen molar-refractivity contribution in [2.75, 3.05) is 20.3 Å². The molecule has 0 amide bonds. The number of hydrogen-bond acceptors (Lipinski definition) is 4. The Morgan fingerprint density at radius 1 is 0.923 bits per heavy atom. The summed E-state index contributed by atoms with van der Waals surface area (Å²) in [6.45, 7) is 9.95. The predicted molar refractivity (Wildman–Crippen MR) is 104 cm³/mol. The lowest BCUT2D eigenvalue weighted by Gasteiger charge is -2.16. The summed E-state index contributed by atoms with van der Waals surface area (Å²) in [5.74, 6) is 1.47. The molecule has 2 aromatic carbocycles. The lowest BCUT2D eigenvalue weighted by atomic mass is 10.1. The average Bonchev–Trinajstić information content (AvgIpc) is 2.54. The lowest BCUT2D eigenvalue weighted by molar-refractivity contribution is 0.322. The Labute approximate surface area is 156 Å². The maximum Gasteiger partial charge on any atom is 0.240 e. The fraction of sp³-hybridized carbons (Fsp3) is 0.400. The van der Waals surface area contributed by atoms with Crippen LogP contribution in [0.4, 0.5) is 0 Å². The molecule has 0 unspecified atom stereocenters. The Morgan fingerprint density at radius 2 is 1.54 bits per heavy atom. The second-order valence-electron chi connectivity index (χ2n) is 6.54. The molecule has 0 aliphatic carbocycles. The van der Waals surface area contributed by atoms with Crippen LogP contribution in [0.15, 0.2) is 29.2 Å². The molecule has 26 heavy (non-hydrogen) atoms. The summed E-state index contributed by atoms with van der Waals surface area (Å²) < 4.78 is 39.0. The predicted octanol–water partition coefficient (Wildman–Crippen LogP) is 3.59. The second kappa shape index (κ2) is 8.10. The first kappa shape index (κ1) is 20.3. The maximum absolute atomic E-state index is 12.7. The summed E-state index contributed by atoms with van der Waals surface area (Å²) >= 11 is 0. The highest BCUT2D eigenvalue weighted by Crippen LogP contribution is 2.30. The Balaban J connectivity index is 2.07. The van der Waals surface area contributed by atoms with E-state index in [1.807, 2.05) is 39.8 Å². The third-order valence-electron chi connectivity index (χ3n) is 4.33. The van der Waals surface area contributed by atoms with E-state index < -0.39 is 10.0 Å². The zero-order valence-corrected chi connectivity index (χ0v) is 17.1. The third-order valence-corrected chi connectivity index (χ3v) is 5.92. The molecule has 0 saturated heterocycles. The third kappa shape index (κ3) is 4.56. The Kier molecular flexibility index (Phi) is 6.31. The quantitative estimate of drug-likeness (QED) is 0.749. The lowest BCUT2D eigenvalue weighted by Crippen LogP contribution is -2.29. The molecule has 0 saturated carbocycles. The van der Waals surface area contributed by atoms with Crippen molar-refractivity contribution in [2.24, 2.45) is 0 Å². The molecule has 0 fully saturated rings. The highest BCUT2D eigenvalue weighted by Gasteiger charge is 2.21. The molecule has 0 atom stereocenters. The van der Waals surface area contributed by atoms with E-state index in [0.717, 1.165) is 33.8 Å². The van der Waals surface area contributed by atoms with Gasteiger partial charge in [0.25, 0.3) is 0 Å². The molecule has 0 heterocycles. The number of hydrogen-bond donors (Lipinski definition) is 1. The van der Waals surface area contributed by atoms with Crippen LogP contribution in [0, 0.1) is 34.6 Å². The topological polar surface area (TPSA) is 64.6 Å². The monoisotopic (exact) mass is 377 g/mol. The van der Waals surface area contributed by atoms with Crippen molar-refractivity contribution in [1.82, 2.24) is 4.72 Å². The minimum atomic E-state index is -3.62. The molecular weight excluding hydrogens is 350 g/mol.